The summed E-state index contributed by atoms with van der Waals surface area (Å²) in [6.07, 6.45) is 4.08. The van der Waals surface area contributed by atoms with Crippen LogP contribution in [0.5, 0.6) is 0 Å². The zero-order valence-electron chi connectivity index (χ0n) is 9.18. The second kappa shape index (κ2) is 4.78. The Kier molecular flexibility index (Phi) is 3.93. The molecule has 0 aromatic rings. The smallest absolute Gasteiger partial charge is 0.222 e. The molecule has 0 saturated heterocycles. The third-order valence-corrected chi connectivity index (χ3v) is 3.10. The lowest BCUT2D eigenvalue weighted by molar-refractivity contribution is -0.125. The Labute approximate surface area is 85.9 Å². The molecule has 0 bridgehead atoms. The van der Waals surface area contributed by atoms with Crippen molar-refractivity contribution in [1.29, 1.82) is 0 Å². The topological polar surface area (TPSA) is 49.3 Å². The summed E-state index contributed by atoms with van der Waals surface area (Å²) >= 11 is 0. The van der Waals surface area contributed by atoms with Crippen LogP contribution in [-0.4, -0.2) is 24.2 Å². The molecule has 1 aliphatic rings. The van der Waals surface area contributed by atoms with Gasteiger partial charge in [-0.05, 0) is 19.3 Å². The van der Waals surface area contributed by atoms with E-state index in [0.717, 1.165) is 25.7 Å². The number of hydrogen-bond acceptors (Lipinski definition) is 2. The summed E-state index contributed by atoms with van der Waals surface area (Å²) in [5, 5.41) is 12.0. The molecule has 1 saturated carbocycles. The largest absolute Gasteiger partial charge is 0.396 e. The molecule has 3 heteroatoms. The number of hydrogen-bond donors (Lipinski definition) is 2. The van der Waals surface area contributed by atoms with Crippen LogP contribution in [0.4, 0.5) is 0 Å². The molecule has 1 unspecified atom stereocenters. The molecule has 14 heavy (non-hydrogen) atoms. The Bertz CT molecular complexity index is 199. The summed E-state index contributed by atoms with van der Waals surface area (Å²) in [7, 11) is 0. The summed E-state index contributed by atoms with van der Waals surface area (Å²) in [6.45, 7) is 4.89. The highest BCUT2D eigenvalue weighted by Crippen LogP contribution is 2.44. The first-order chi connectivity index (χ1) is 6.63. The number of aliphatic hydroxyl groups is 1. The van der Waals surface area contributed by atoms with Crippen molar-refractivity contribution in [1.82, 2.24) is 5.32 Å². The maximum Gasteiger partial charge on any atom is 0.222 e. The monoisotopic (exact) mass is 199 g/mol. The van der Waals surface area contributed by atoms with E-state index < -0.39 is 0 Å². The minimum Gasteiger partial charge on any atom is -0.396 e. The Hall–Kier alpha value is -0.570. The molecule has 0 radical (unpaired) electrons. The van der Waals surface area contributed by atoms with Crippen molar-refractivity contribution in [3.8, 4) is 0 Å². The molecule has 1 atom stereocenters. The Morgan fingerprint density at radius 1 is 1.57 bits per heavy atom. The highest BCUT2D eigenvalue weighted by molar-refractivity contribution is 5.78. The van der Waals surface area contributed by atoms with E-state index in [9.17, 15) is 4.79 Å². The molecule has 3 nitrogen and oxygen atoms in total. The summed E-state index contributed by atoms with van der Waals surface area (Å²) in [4.78, 5) is 11.5. The third kappa shape index (κ3) is 2.98. The van der Waals surface area contributed by atoms with Crippen LogP contribution >= 0.6 is 0 Å². The van der Waals surface area contributed by atoms with Crippen LogP contribution in [0.25, 0.3) is 0 Å². The number of amides is 1. The Morgan fingerprint density at radius 3 is 2.64 bits per heavy atom. The highest BCUT2D eigenvalue weighted by Gasteiger charge is 2.42. The fourth-order valence-electron chi connectivity index (χ4n) is 1.58. The van der Waals surface area contributed by atoms with E-state index in [1.807, 2.05) is 6.92 Å². The lowest BCUT2D eigenvalue weighted by Gasteiger charge is -2.15. The normalized spacial score (nSPS) is 20.2. The average Bonchev–Trinajstić information content (AvgIpc) is 2.95. The quantitative estimate of drug-likeness (QED) is 0.677. The van der Waals surface area contributed by atoms with Gasteiger partial charge in [-0.25, -0.2) is 0 Å². The zero-order valence-corrected chi connectivity index (χ0v) is 9.18. The Morgan fingerprint density at radius 2 is 2.21 bits per heavy atom. The van der Waals surface area contributed by atoms with E-state index in [1.54, 1.807) is 0 Å². The van der Waals surface area contributed by atoms with E-state index >= 15 is 0 Å². The first-order valence-corrected chi connectivity index (χ1v) is 5.52. The first-order valence-electron chi connectivity index (χ1n) is 5.52. The van der Waals surface area contributed by atoms with Gasteiger partial charge >= 0.3 is 0 Å². The standard InChI is InChI=1S/C11H21NO2/c1-3-4-9(2)10(14)12-7-11(8-13)5-6-11/h9,13H,3-8H2,1-2H3,(H,12,14). The lowest BCUT2D eigenvalue weighted by atomic mass is 10.0. The third-order valence-electron chi connectivity index (χ3n) is 3.10. The summed E-state index contributed by atoms with van der Waals surface area (Å²) in [5.41, 5.74) is 0.0294. The molecule has 1 fully saturated rings. The zero-order chi connectivity index (χ0) is 10.6. The van der Waals surface area contributed by atoms with Crippen LogP contribution in [0.2, 0.25) is 0 Å². The fourth-order valence-corrected chi connectivity index (χ4v) is 1.58. The molecule has 2 N–H and O–H groups in total. The van der Waals surface area contributed by atoms with Gasteiger partial charge in [0, 0.05) is 17.9 Å². The van der Waals surface area contributed by atoms with Crippen molar-refractivity contribution in [2.45, 2.75) is 39.5 Å². The van der Waals surface area contributed by atoms with Gasteiger partial charge in [0.15, 0.2) is 0 Å². The van der Waals surface area contributed by atoms with E-state index in [1.165, 1.54) is 0 Å². The predicted molar refractivity (Wildman–Crippen MR) is 55.8 cm³/mol. The van der Waals surface area contributed by atoms with E-state index in [2.05, 4.69) is 12.2 Å². The maximum absolute atomic E-state index is 11.5. The van der Waals surface area contributed by atoms with E-state index in [4.69, 9.17) is 5.11 Å². The second-order valence-electron chi connectivity index (χ2n) is 4.57. The van der Waals surface area contributed by atoms with Gasteiger partial charge in [0.1, 0.15) is 0 Å². The number of rotatable bonds is 6. The molecule has 1 aliphatic carbocycles. The molecule has 0 aliphatic heterocycles. The van der Waals surface area contributed by atoms with Crippen LogP contribution in [0, 0.1) is 11.3 Å². The lowest BCUT2D eigenvalue weighted by Crippen LogP contribution is -2.35. The molecule has 0 aromatic heterocycles. The molecule has 0 aromatic carbocycles. The fraction of sp³-hybridized carbons (Fsp3) is 0.909. The van der Waals surface area contributed by atoms with Gasteiger partial charge in [-0.15, -0.1) is 0 Å². The minimum atomic E-state index is 0.0294. The predicted octanol–water partition coefficient (Wildman–Crippen LogP) is 1.31. The van der Waals surface area contributed by atoms with Gasteiger partial charge in [-0.2, -0.15) is 0 Å². The number of carbonyl (C=O) groups is 1. The second-order valence-corrected chi connectivity index (χ2v) is 4.57. The van der Waals surface area contributed by atoms with Crippen molar-refractivity contribution in [3.63, 3.8) is 0 Å². The van der Waals surface area contributed by atoms with Gasteiger partial charge in [0.05, 0.1) is 6.61 Å². The van der Waals surface area contributed by atoms with Crippen LogP contribution in [-0.2, 0) is 4.79 Å². The summed E-state index contributed by atoms with van der Waals surface area (Å²) in [6, 6.07) is 0. The van der Waals surface area contributed by atoms with Crippen LogP contribution in [0.3, 0.4) is 0 Å². The van der Waals surface area contributed by atoms with Crippen molar-refractivity contribution in [2.24, 2.45) is 11.3 Å². The van der Waals surface area contributed by atoms with Crippen molar-refractivity contribution in [2.75, 3.05) is 13.2 Å². The van der Waals surface area contributed by atoms with Gasteiger partial charge in [-0.3, -0.25) is 4.79 Å². The minimum absolute atomic E-state index is 0.0294. The molecule has 0 spiro atoms. The van der Waals surface area contributed by atoms with Gasteiger partial charge in [0.2, 0.25) is 5.91 Å². The van der Waals surface area contributed by atoms with Crippen LogP contribution < -0.4 is 5.32 Å². The summed E-state index contributed by atoms with van der Waals surface area (Å²) in [5.74, 6) is 0.237. The number of carbonyl (C=O) groups excluding carboxylic acids is 1. The molecule has 1 rings (SSSR count). The van der Waals surface area contributed by atoms with Crippen LogP contribution in [0.1, 0.15) is 39.5 Å². The van der Waals surface area contributed by atoms with E-state index in [-0.39, 0.29) is 23.8 Å². The average molecular weight is 199 g/mol. The molecule has 82 valence electrons. The molecule has 1 amide bonds. The van der Waals surface area contributed by atoms with Gasteiger partial charge in [0.25, 0.3) is 0 Å². The molecular formula is C11H21NO2. The van der Waals surface area contributed by atoms with Crippen molar-refractivity contribution < 1.29 is 9.90 Å². The van der Waals surface area contributed by atoms with Crippen LogP contribution in [0.15, 0.2) is 0 Å². The van der Waals surface area contributed by atoms with Crippen molar-refractivity contribution >= 4 is 5.91 Å². The van der Waals surface area contributed by atoms with E-state index in [0.29, 0.717) is 6.54 Å². The van der Waals surface area contributed by atoms with Gasteiger partial charge in [-0.1, -0.05) is 20.3 Å². The Balaban J connectivity index is 2.20. The number of nitrogens with one attached hydrogen (secondary N) is 1. The molecular weight excluding hydrogens is 178 g/mol. The summed E-state index contributed by atoms with van der Waals surface area (Å²) < 4.78 is 0. The molecule has 0 heterocycles. The SMILES string of the molecule is CCCC(C)C(=O)NCC1(CO)CC1. The van der Waals surface area contributed by atoms with Crippen molar-refractivity contribution in [3.05, 3.63) is 0 Å². The number of aliphatic hydroxyl groups excluding tert-OH is 1. The maximum atomic E-state index is 11.5. The van der Waals surface area contributed by atoms with Gasteiger partial charge < -0.3 is 10.4 Å². The highest BCUT2D eigenvalue weighted by atomic mass is 16.3. The first kappa shape index (κ1) is 11.5.